The Morgan fingerprint density at radius 2 is 1.89 bits per heavy atom. The second-order valence-electron chi connectivity index (χ2n) is 9.98. The zero-order valence-corrected chi connectivity index (χ0v) is 22.6. The first-order valence-electron chi connectivity index (χ1n) is 13.1. The fraction of sp³-hybridized carbons (Fsp3) is 0.414. The third-order valence-corrected chi connectivity index (χ3v) is 8.30. The van der Waals surface area contributed by atoms with E-state index in [0.717, 1.165) is 34.4 Å². The number of hydrogen-bond acceptors (Lipinski definition) is 6. The third-order valence-electron chi connectivity index (χ3n) is 7.21. The van der Waals surface area contributed by atoms with Crippen molar-refractivity contribution < 1.29 is 23.9 Å². The average molecular weight is 536 g/mol. The van der Waals surface area contributed by atoms with Gasteiger partial charge < -0.3 is 19.7 Å². The predicted octanol–water partition coefficient (Wildman–Crippen LogP) is 4.67. The molecule has 1 N–H and O–H groups in total. The number of carbonyl (C=O) groups is 3. The highest BCUT2D eigenvalue weighted by atomic mass is 32.2. The molecule has 1 fully saturated rings. The zero-order valence-electron chi connectivity index (χ0n) is 21.8. The summed E-state index contributed by atoms with van der Waals surface area (Å²) < 4.78 is 10.7. The van der Waals surface area contributed by atoms with Crippen LogP contribution < -0.4 is 14.8 Å². The number of aryl methyl sites for hydroxylation is 2. The number of fused-ring (bicyclic) bond motifs is 2. The fourth-order valence-corrected chi connectivity index (χ4v) is 6.06. The van der Waals surface area contributed by atoms with Crippen LogP contribution in [0.5, 0.6) is 11.5 Å². The standard InChI is InChI=1S/C29H33N3O5S/c1-19-7-8-20(2)22(14-19)17-32-23-11-13-38-27(23)28(34)31(29(32)35)12-5-3-4-6-26(33)30-16-21-9-10-24-25(15-21)37-18-36-24/h7-11,13-15,23,27H,3-6,12,16-18H2,1-2H3,(H,30,33). The first kappa shape index (κ1) is 26.2. The maximum atomic E-state index is 13.4. The molecule has 0 aliphatic carbocycles. The summed E-state index contributed by atoms with van der Waals surface area (Å²) in [4.78, 5) is 42.1. The van der Waals surface area contributed by atoms with Crippen molar-refractivity contribution in [3.63, 3.8) is 0 Å². The van der Waals surface area contributed by atoms with E-state index in [1.54, 1.807) is 0 Å². The number of thioether (sulfide) groups is 1. The Bertz CT molecular complexity index is 1260. The van der Waals surface area contributed by atoms with Gasteiger partial charge >= 0.3 is 6.03 Å². The number of ether oxygens (including phenoxy) is 2. The molecular formula is C29H33N3O5S. The molecule has 2 atom stereocenters. The molecule has 9 heteroatoms. The molecule has 3 heterocycles. The largest absolute Gasteiger partial charge is 0.454 e. The molecule has 0 bridgehead atoms. The number of amides is 4. The van der Waals surface area contributed by atoms with Gasteiger partial charge in [0.05, 0.1) is 6.04 Å². The lowest BCUT2D eigenvalue weighted by atomic mass is 10.0. The van der Waals surface area contributed by atoms with E-state index in [1.807, 2.05) is 48.4 Å². The zero-order chi connectivity index (χ0) is 26.6. The molecule has 1 saturated heterocycles. The van der Waals surface area contributed by atoms with Crippen molar-refractivity contribution in [1.82, 2.24) is 15.1 Å². The summed E-state index contributed by atoms with van der Waals surface area (Å²) in [5.41, 5.74) is 4.34. The van der Waals surface area contributed by atoms with Gasteiger partial charge in [-0.25, -0.2) is 4.79 Å². The van der Waals surface area contributed by atoms with Gasteiger partial charge in [-0.3, -0.25) is 14.5 Å². The summed E-state index contributed by atoms with van der Waals surface area (Å²) in [5, 5.41) is 4.58. The van der Waals surface area contributed by atoms with Gasteiger partial charge in [-0.2, -0.15) is 0 Å². The van der Waals surface area contributed by atoms with Crippen molar-refractivity contribution in [2.45, 2.75) is 63.9 Å². The highest BCUT2D eigenvalue weighted by Crippen LogP contribution is 2.36. The highest BCUT2D eigenvalue weighted by molar-refractivity contribution is 8.03. The van der Waals surface area contributed by atoms with E-state index in [0.29, 0.717) is 44.6 Å². The SMILES string of the molecule is Cc1ccc(C)c(CN2C(=O)N(CCCCCC(=O)NCc3ccc4c(c3)OCO4)C(=O)C3SC=CC32)c1. The van der Waals surface area contributed by atoms with E-state index in [4.69, 9.17) is 9.47 Å². The van der Waals surface area contributed by atoms with Crippen LogP contribution in [0.1, 0.15) is 47.9 Å². The number of benzene rings is 2. The molecule has 2 unspecified atom stereocenters. The molecule has 8 nitrogen and oxygen atoms in total. The van der Waals surface area contributed by atoms with Gasteiger partial charge in [0, 0.05) is 26.1 Å². The Labute approximate surface area is 227 Å². The Hall–Kier alpha value is -3.46. The van der Waals surface area contributed by atoms with Gasteiger partial charge in [0.2, 0.25) is 18.6 Å². The highest BCUT2D eigenvalue weighted by Gasteiger charge is 2.46. The maximum absolute atomic E-state index is 13.4. The molecule has 0 radical (unpaired) electrons. The summed E-state index contributed by atoms with van der Waals surface area (Å²) >= 11 is 1.49. The smallest absolute Gasteiger partial charge is 0.327 e. The van der Waals surface area contributed by atoms with E-state index < -0.39 is 0 Å². The summed E-state index contributed by atoms with van der Waals surface area (Å²) in [7, 11) is 0. The lowest BCUT2D eigenvalue weighted by Gasteiger charge is -2.41. The minimum Gasteiger partial charge on any atom is -0.454 e. The Morgan fingerprint density at radius 1 is 1.05 bits per heavy atom. The Morgan fingerprint density at radius 3 is 2.76 bits per heavy atom. The normalized spacial score (nSPS) is 19.7. The first-order valence-corrected chi connectivity index (χ1v) is 14.0. The van der Waals surface area contributed by atoms with Gasteiger partial charge in [-0.15, -0.1) is 11.8 Å². The molecule has 3 aliphatic heterocycles. The molecule has 38 heavy (non-hydrogen) atoms. The van der Waals surface area contributed by atoms with Gasteiger partial charge in [0.1, 0.15) is 5.25 Å². The van der Waals surface area contributed by atoms with Crippen LogP contribution in [-0.2, 0) is 22.7 Å². The maximum Gasteiger partial charge on any atom is 0.327 e. The minimum atomic E-state index is -0.292. The molecule has 0 aromatic heterocycles. The van der Waals surface area contributed by atoms with Crippen LogP contribution in [0.15, 0.2) is 47.9 Å². The number of hydrogen-bond donors (Lipinski definition) is 1. The van der Waals surface area contributed by atoms with Crippen LogP contribution in [0.4, 0.5) is 4.79 Å². The van der Waals surface area contributed by atoms with E-state index in [2.05, 4.69) is 23.5 Å². The second-order valence-corrected chi connectivity index (χ2v) is 11.0. The van der Waals surface area contributed by atoms with E-state index in [9.17, 15) is 14.4 Å². The number of unbranched alkanes of at least 4 members (excludes halogenated alkanes) is 2. The van der Waals surface area contributed by atoms with Gasteiger partial charge in [-0.05, 0) is 60.9 Å². The van der Waals surface area contributed by atoms with Crippen molar-refractivity contribution in [1.29, 1.82) is 0 Å². The molecule has 2 aromatic carbocycles. The Balaban J connectivity index is 1.09. The second kappa shape index (κ2) is 11.5. The fourth-order valence-electron chi connectivity index (χ4n) is 5.00. The van der Waals surface area contributed by atoms with Crippen LogP contribution in [-0.4, -0.2) is 52.3 Å². The number of imide groups is 1. The number of carbonyl (C=O) groups excluding carboxylic acids is 3. The number of nitrogens with zero attached hydrogens (tertiary/aromatic N) is 2. The first-order chi connectivity index (χ1) is 18.4. The van der Waals surface area contributed by atoms with Crippen molar-refractivity contribution in [2.24, 2.45) is 0 Å². The lowest BCUT2D eigenvalue weighted by molar-refractivity contribution is -0.131. The minimum absolute atomic E-state index is 0.0243. The number of urea groups is 1. The molecule has 0 saturated carbocycles. The van der Waals surface area contributed by atoms with Gasteiger partial charge in [-0.1, -0.05) is 42.3 Å². The Kier molecular flexibility index (Phi) is 7.93. The molecule has 3 aliphatic rings. The van der Waals surface area contributed by atoms with Crippen LogP contribution in [0.2, 0.25) is 0 Å². The van der Waals surface area contributed by atoms with Crippen LogP contribution in [0, 0.1) is 13.8 Å². The summed E-state index contributed by atoms with van der Waals surface area (Å²) in [5.74, 6) is 1.28. The van der Waals surface area contributed by atoms with Crippen molar-refractivity contribution >= 4 is 29.6 Å². The predicted molar refractivity (Wildman–Crippen MR) is 146 cm³/mol. The van der Waals surface area contributed by atoms with Crippen molar-refractivity contribution in [2.75, 3.05) is 13.3 Å². The summed E-state index contributed by atoms with van der Waals surface area (Å²) in [6, 6.07) is 11.4. The summed E-state index contributed by atoms with van der Waals surface area (Å²) in [6.45, 7) is 5.59. The molecule has 5 rings (SSSR count). The van der Waals surface area contributed by atoms with Crippen LogP contribution in [0.25, 0.3) is 0 Å². The third kappa shape index (κ3) is 5.67. The van der Waals surface area contributed by atoms with Crippen molar-refractivity contribution in [3.8, 4) is 11.5 Å². The van der Waals surface area contributed by atoms with E-state index >= 15 is 0 Å². The monoisotopic (exact) mass is 535 g/mol. The average Bonchev–Trinajstić information content (AvgIpc) is 3.58. The lowest BCUT2D eigenvalue weighted by Crippen LogP contribution is -2.61. The molecule has 0 spiro atoms. The molecular weight excluding hydrogens is 502 g/mol. The van der Waals surface area contributed by atoms with Crippen LogP contribution >= 0.6 is 11.8 Å². The van der Waals surface area contributed by atoms with Crippen LogP contribution in [0.3, 0.4) is 0 Å². The van der Waals surface area contributed by atoms with E-state index in [-0.39, 0.29) is 35.9 Å². The number of nitrogens with one attached hydrogen (secondary N) is 1. The quantitative estimate of drug-likeness (QED) is 0.445. The van der Waals surface area contributed by atoms with E-state index in [1.165, 1.54) is 16.7 Å². The van der Waals surface area contributed by atoms with Crippen molar-refractivity contribution in [3.05, 3.63) is 70.1 Å². The van der Waals surface area contributed by atoms with Gasteiger partial charge in [0.15, 0.2) is 11.5 Å². The molecule has 4 amide bonds. The topological polar surface area (TPSA) is 88.2 Å². The molecule has 200 valence electrons. The molecule has 2 aromatic rings. The van der Waals surface area contributed by atoms with Gasteiger partial charge in [0.25, 0.3) is 0 Å². The summed E-state index contributed by atoms with van der Waals surface area (Å²) in [6.07, 6.45) is 4.48. The number of rotatable bonds is 10.